The Labute approximate surface area is 122 Å². The molecule has 20 heavy (non-hydrogen) atoms. The highest BCUT2D eigenvalue weighted by Gasteiger charge is 2.34. The van der Waals surface area contributed by atoms with E-state index >= 15 is 0 Å². The maximum absolute atomic E-state index is 12.5. The average Bonchev–Trinajstić information content (AvgIpc) is 2.37. The maximum Gasteiger partial charge on any atom is 0.245 e. The van der Waals surface area contributed by atoms with Crippen LogP contribution >= 0.6 is 0 Å². The summed E-state index contributed by atoms with van der Waals surface area (Å²) in [5.74, 6) is 1.94. The monoisotopic (exact) mass is 280 g/mol. The molecule has 114 valence electrons. The summed E-state index contributed by atoms with van der Waals surface area (Å²) in [4.78, 5) is 26.1. The molecule has 1 N–H and O–H groups in total. The van der Waals surface area contributed by atoms with Gasteiger partial charge < -0.3 is 10.2 Å². The number of rotatable bonds is 4. The van der Waals surface area contributed by atoms with Crippen LogP contribution in [-0.4, -0.2) is 35.8 Å². The Bertz CT molecular complexity index is 359. The van der Waals surface area contributed by atoms with Crippen molar-refractivity contribution in [2.45, 2.75) is 58.9 Å². The van der Waals surface area contributed by atoms with E-state index in [2.05, 4.69) is 26.1 Å². The van der Waals surface area contributed by atoms with Gasteiger partial charge >= 0.3 is 0 Å². The molecule has 0 aromatic heterocycles. The summed E-state index contributed by atoms with van der Waals surface area (Å²) >= 11 is 0. The first-order valence-corrected chi connectivity index (χ1v) is 8.04. The van der Waals surface area contributed by atoms with E-state index in [-0.39, 0.29) is 24.4 Å². The number of piperazine rings is 1. The van der Waals surface area contributed by atoms with Crippen LogP contribution < -0.4 is 5.32 Å². The van der Waals surface area contributed by atoms with Gasteiger partial charge in [0.15, 0.2) is 0 Å². The van der Waals surface area contributed by atoms with Gasteiger partial charge in [0.1, 0.15) is 6.04 Å². The molecule has 4 nitrogen and oxygen atoms in total. The van der Waals surface area contributed by atoms with Gasteiger partial charge in [-0.3, -0.25) is 9.59 Å². The molecular weight excluding hydrogens is 252 g/mol. The molecule has 0 radical (unpaired) electrons. The van der Waals surface area contributed by atoms with Crippen LogP contribution in [0, 0.1) is 17.8 Å². The third-order valence-electron chi connectivity index (χ3n) is 4.60. The van der Waals surface area contributed by atoms with Gasteiger partial charge in [0.25, 0.3) is 0 Å². The molecule has 2 aliphatic rings. The minimum absolute atomic E-state index is 0.000530. The molecule has 2 fully saturated rings. The van der Waals surface area contributed by atoms with E-state index in [1.165, 1.54) is 25.7 Å². The van der Waals surface area contributed by atoms with E-state index in [0.717, 1.165) is 18.9 Å². The number of carbonyl (C=O) groups excluding carboxylic acids is 2. The van der Waals surface area contributed by atoms with E-state index in [9.17, 15) is 9.59 Å². The summed E-state index contributed by atoms with van der Waals surface area (Å²) in [7, 11) is 0. The van der Waals surface area contributed by atoms with Crippen molar-refractivity contribution in [2.24, 2.45) is 17.8 Å². The molecule has 1 aliphatic carbocycles. The molecule has 1 saturated carbocycles. The minimum Gasteiger partial charge on any atom is -0.343 e. The number of nitrogens with zero attached hydrogens (tertiary/aromatic N) is 1. The maximum atomic E-state index is 12.5. The highest BCUT2D eigenvalue weighted by molar-refractivity contribution is 5.94. The summed E-state index contributed by atoms with van der Waals surface area (Å²) in [6.45, 7) is 7.49. The molecular formula is C16H28N2O2. The van der Waals surface area contributed by atoms with Crippen LogP contribution in [-0.2, 0) is 9.59 Å². The van der Waals surface area contributed by atoms with Crippen LogP contribution in [0.1, 0.15) is 52.9 Å². The summed E-state index contributed by atoms with van der Waals surface area (Å²) < 4.78 is 0. The normalized spacial score (nSPS) is 31.6. The molecule has 0 aromatic rings. The van der Waals surface area contributed by atoms with Gasteiger partial charge in [-0.2, -0.15) is 0 Å². The third kappa shape index (κ3) is 3.97. The topological polar surface area (TPSA) is 49.4 Å². The smallest absolute Gasteiger partial charge is 0.245 e. The molecule has 1 saturated heterocycles. The van der Waals surface area contributed by atoms with E-state index in [1.807, 2.05) is 0 Å². The van der Waals surface area contributed by atoms with Crippen LogP contribution in [0.2, 0.25) is 0 Å². The third-order valence-corrected chi connectivity index (χ3v) is 4.60. The number of hydrogen-bond donors (Lipinski definition) is 1. The molecule has 0 aromatic carbocycles. The van der Waals surface area contributed by atoms with Crippen LogP contribution in [0.15, 0.2) is 0 Å². The Morgan fingerprint density at radius 2 is 1.85 bits per heavy atom. The summed E-state index contributed by atoms with van der Waals surface area (Å²) in [6.07, 6.45) is 5.65. The predicted octanol–water partition coefficient (Wildman–Crippen LogP) is 2.19. The summed E-state index contributed by atoms with van der Waals surface area (Å²) in [5.41, 5.74) is 0. The highest BCUT2D eigenvalue weighted by Crippen LogP contribution is 2.29. The Morgan fingerprint density at radius 3 is 2.45 bits per heavy atom. The van der Waals surface area contributed by atoms with Crippen molar-refractivity contribution in [1.82, 2.24) is 10.2 Å². The van der Waals surface area contributed by atoms with Gasteiger partial charge in [0.2, 0.25) is 11.8 Å². The van der Waals surface area contributed by atoms with Gasteiger partial charge in [0.05, 0.1) is 6.54 Å². The Hall–Kier alpha value is -1.06. The molecule has 1 unspecified atom stereocenters. The van der Waals surface area contributed by atoms with Gasteiger partial charge in [-0.15, -0.1) is 0 Å². The highest BCUT2D eigenvalue weighted by atomic mass is 16.2. The number of amides is 2. The summed E-state index contributed by atoms with van der Waals surface area (Å²) in [6, 6.07) is -0.307. The largest absolute Gasteiger partial charge is 0.343 e. The second-order valence-corrected chi connectivity index (χ2v) is 7.09. The van der Waals surface area contributed by atoms with Crippen molar-refractivity contribution in [3.8, 4) is 0 Å². The summed E-state index contributed by atoms with van der Waals surface area (Å²) in [5, 5.41) is 2.84. The Kier molecular flexibility index (Phi) is 5.06. The van der Waals surface area contributed by atoms with Crippen LogP contribution in [0.4, 0.5) is 0 Å². The van der Waals surface area contributed by atoms with Gasteiger partial charge in [-0.05, 0) is 37.0 Å². The molecule has 0 bridgehead atoms. The van der Waals surface area contributed by atoms with Crippen molar-refractivity contribution >= 4 is 11.8 Å². The Morgan fingerprint density at radius 1 is 1.20 bits per heavy atom. The van der Waals surface area contributed by atoms with Crippen molar-refractivity contribution < 1.29 is 9.59 Å². The van der Waals surface area contributed by atoms with Gasteiger partial charge in [0, 0.05) is 6.54 Å². The zero-order valence-corrected chi connectivity index (χ0v) is 13.0. The zero-order chi connectivity index (χ0) is 14.7. The zero-order valence-electron chi connectivity index (χ0n) is 13.0. The van der Waals surface area contributed by atoms with E-state index in [0.29, 0.717) is 11.8 Å². The molecule has 4 heteroatoms. The fraction of sp³-hybridized carbons (Fsp3) is 0.875. The minimum atomic E-state index is -0.307. The van der Waals surface area contributed by atoms with Crippen LogP contribution in [0.3, 0.4) is 0 Å². The van der Waals surface area contributed by atoms with Gasteiger partial charge in [-0.1, -0.05) is 33.6 Å². The molecule has 0 spiro atoms. The van der Waals surface area contributed by atoms with E-state index < -0.39 is 0 Å². The van der Waals surface area contributed by atoms with Crippen molar-refractivity contribution in [3.63, 3.8) is 0 Å². The molecule has 1 aliphatic heterocycles. The first-order chi connectivity index (χ1) is 9.45. The predicted molar refractivity (Wildman–Crippen MR) is 79.1 cm³/mol. The number of nitrogens with one attached hydrogen (secondary N) is 1. The standard InChI is InChI=1S/C16H28N2O2/c1-11(2)8-14-16(20)18(10-15(19)17-14)9-13-6-4-12(3)5-7-13/h11-14H,4-10H2,1-3H3,(H,17,19). The molecule has 2 amide bonds. The fourth-order valence-corrected chi connectivity index (χ4v) is 3.38. The molecule has 1 atom stereocenters. The lowest BCUT2D eigenvalue weighted by Gasteiger charge is -2.37. The SMILES string of the molecule is CC(C)CC1NC(=O)CN(CC2CCC(C)CC2)C1=O. The molecule has 2 rings (SSSR count). The Balaban J connectivity index is 1.92. The number of hydrogen-bond acceptors (Lipinski definition) is 2. The van der Waals surface area contributed by atoms with Crippen molar-refractivity contribution in [3.05, 3.63) is 0 Å². The van der Waals surface area contributed by atoms with Crippen LogP contribution in [0.25, 0.3) is 0 Å². The quantitative estimate of drug-likeness (QED) is 0.858. The fourth-order valence-electron chi connectivity index (χ4n) is 3.38. The first-order valence-electron chi connectivity index (χ1n) is 8.04. The van der Waals surface area contributed by atoms with Crippen LogP contribution in [0.5, 0.6) is 0 Å². The van der Waals surface area contributed by atoms with E-state index in [1.54, 1.807) is 4.90 Å². The molecule has 1 heterocycles. The lowest BCUT2D eigenvalue weighted by atomic mass is 9.82. The second-order valence-electron chi connectivity index (χ2n) is 7.09. The van der Waals surface area contributed by atoms with E-state index in [4.69, 9.17) is 0 Å². The second kappa shape index (κ2) is 6.59. The lowest BCUT2D eigenvalue weighted by Crippen LogP contribution is -2.59. The van der Waals surface area contributed by atoms with Crippen molar-refractivity contribution in [1.29, 1.82) is 0 Å². The average molecular weight is 280 g/mol. The first kappa shape index (κ1) is 15.3. The van der Waals surface area contributed by atoms with Crippen molar-refractivity contribution in [2.75, 3.05) is 13.1 Å². The van der Waals surface area contributed by atoms with Gasteiger partial charge in [-0.25, -0.2) is 0 Å². The number of carbonyl (C=O) groups is 2. The lowest BCUT2D eigenvalue weighted by molar-refractivity contribution is -0.145.